The molecule has 1 amide bonds. The van der Waals surface area contributed by atoms with Crippen LogP contribution in [0.5, 0.6) is 11.5 Å². The van der Waals surface area contributed by atoms with E-state index in [9.17, 15) is 4.79 Å². The Bertz CT molecular complexity index is 981. The van der Waals surface area contributed by atoms with Crippen LogP contribution in [0.2, 0.25) is 0 Å². The van der Waals surface area contributed by atoms with Gasteiger partial charge in [-0.1, -0.05) is 36.4 Å². The van der Waals surface area contributed by atoms with Gasteiger partial charge in [0, 0.05) is 15.6 Å². The largest absolute Gasteiger partial charge is 0.493 e. The number of rotatable bonds is 5. The van der Waals surface area contributed by atoms with Gasteiger partial charge in [0.1, 0.15) is 0 Å². The van der Waals surface area contributed by atoms with Crippen LogP contribution in [0.1, 0.15) is 15.9 Å². The highest BCUT2D eigenvalue weighted by Gasteiger charge is 2.10. The van der Waals surface area contributed by atoms with Gasteiger partial charge in [0.2, 0.25) is 0 Å². The van der Waals surface area contributed by atoms with E-state index in [1.165, 1.54) is 0 Å². The summed E-state index contributed by atoms with van der Waals surface area (Å²) in [5.74, 6) is 0.920. The zero-order chi connectivity index (χ0) is 18.5. The summed E-state index contributed by atoms with van der Waals surface area (Å²) < 4.78 is 11.3. The van der Waals surface area contributed by atoms with E-state index in [2.05, 4.69) is 26.5 Å². The van der Waals surface area contributed by atoms with Crippen molar-refractivity contribution in [3.05, 3.63) is 70.2 Å². The molecule has 0 aliphatic carbocycles. The molecule has 0 aliphatic heterocycles. The van der Waals surface area contributed by atoms with Crippen molar-refractivity contribution in [2.24, 2.45) is 5.10 Å². The normalized spacial score (nSPS) is 10.9. The number of methoxy groups -OCH3 is 2. The smallest absolute Gasteiger partial charge is 0.271 e. The second-order valence-electron chi connectivity index (χ2n) is 5.45. The highest BCUT2D eigenvalue weighted by atomic mass is 79.9. The van der Waals surface area contributed by atoms with E-state index in [0.29, 0.717) is 17.1 Å². The highest BCUT2D eigenvalue weighted by Crippen LogP contribution is 2.32. The fourth-order valence-electron chi connectivity index (χ4n) is 2.61. The Balaban J connectivity index is 1.81. The third kappa shape index (κ3) is 3.70. The van der Waals surface area contributed by atoms with Gasteiger partial charge in [0.05, 0.1) is 20.4 Å². The lowest BCUT2D eigenvalue weighted by molar-refractivity contribution is 0.0957. The second-order valence-corrected chi connectivity index (χ2v) is 6.31. The first-order valence-corrected chi connectivity index (χ1v) is 8.66. The summed E-state index contributed by atoms with van der Waals surface area (Å²) in [6.07, 6.45) is 1.55. The van der Waals surface area contributed by atoms with Gasteiger partial charge >= 0.3 is 0 Å². The highest BCUT2D eigenvalue weighted by molar-refractivity contribution is 9.10. The Morgan fingerprint density at radius 3 is 2.50 bits per heavy atom. The van der Waals surface area contributed by atoms with Crippen molar-refractivity contribution >= 4 is 38.8 Å². The van der Waals surface area contributed by atoms with Crippen LogP contribution in [0.25, 0.3) is 10.8 Å². The standard InChI is InChI=1S/C20H17BrN2O3/c1-25-18-10-14(17(21)11-19(18)26-2)12-22-23-20(24)16-9-5-7-13-6-3-4-8-15(13)16/h3-12H,1-2H3,(H,23,24). The number of amides is 1. The molecule has 0 aliphatic rings. The van der Waals surface area contributed by atoms with Crippen molar-refractivity contribution in [1.82, 2.24) is 5.43 Å². The molecule has 3 aromatic carbocycles. The van der Waals surface area contributed by atoms with Crippen molar-refractivity contribution in [3.63, 3.8) is 0 Å². The first-order chi connectivity index (χ1) is 12.6. The minimum atomic E-state index is -0.269. The minimum Gasteiger partial charge on any atom is -0.493 e. The summed E-state index contributed by atoms with van der Waals surface area (Å²) in [5.41, 5.74) is 3.90. The Kier molecular flexibility index (Phi) is 5.53. The van der Waals surface area contributed by atoms with Crippen LogP contribution in [-0.2, 0) is 0 Å². The van der Waals surface area contributed by atoms with Gasteiger partial charge in [0.15, 0.2) is 11.5 Å². The van der Waals surface area contributed by atoms with Crippen LogP contribution in [0.4, 0.5) is 0 Å². The number of hydrazone groups is 1. The van der Waals surface area contributed by atoms with Crippen LogP contribution in [0.3, 0.4) is 0 Å². The zero-order valence-corrected chi connectivity index (χ0v) is 15.9. The SMILES string of the molecule is COc1cc(Br)c(C=NNC(=O)c2cccc3ccccc23)cc1OC. The monoisotopic (exact) mass is 412 g/mol. The summed E-state index contributed by atoms with van der Waals surface area (Å²) in [5, 5.41) is 5.96. The fraction of sp³-hybridized carbons (Fsp3) is 0.100. The van der Waals surface area contributed by atoms with Crippen molar-refractivity contribution in [2.45, 2.75) is 0 Å². The fourth-order valence-corrected chi connectivity index (χ4v) is 3.04. The number of hydrogen-bond acceptors (Lipinski definition) is 4. The lowest BCUT2D eigenvalue weighted by Gasteiger charge is -2.09. The molecule has 1 N–H and O–H groups in total. The molecule has 5 nitrogen and oxygen atoms in total. The topological polar surface area (TPSA) is 59.9 Å². The molecule has 6 heteroatoms. The van der Waals surface area contributed by atoms with E-state index in [4.69, 9.17) is 9.47 Å². The van der Waals surface area contributed by atoms with Crippen molar-refractivity contribution in [2.75, 3.05) is 14.2 Å². The van der Waals surface area contributed by atoms with Gasteiger partial charge in [-0.15, -0.1) is 0 Å². The average molecular weight is 413 g/mol. The van der Waals surface area contributed by atoms with Crippen molar-refractivity contribution in [3.8, 4) is 11.5 Å². The predicted molar refractivity (Wildman–Crippen MR) is 106 cm³/mol. The maximum absolute atomic E-state index is 12.5. The summed E-state index contributed by atoms with van der Waals surface area (Å²) in [4.78, 5) is 12.5. The van der Waals surface area contributed by atoms with E-state index >= 15 is 0 Å². The predicted octanol–water partition coefficient (Wildman–Crippen LogP) is 4.38. The molecule has 0 unspecified atom stereocenters. The first kappa shape index (κ1) is 17.9. The maximum atomic E-state index is 12.5. The van der Waals surface area contributed by atoms with E-state index in [1.54, 1.807) is 38.6 Å². The summed E-state index contributed by atoms with van der Waals surface area (Å²) in [6, 6.07) is 16.9. The van der Waals surface area contributed by atoms with Crippen LogP contribution < -0.4 is 14.9 Å². The number of ether oxygens (including phenoxy) is 2. The molecule has 3 rings (SSSR count). The number of halogens is 1. The lowest BCUT2D eigenvalue weighted by atomic mass is 10.0. The van der Waals surface area contributed by atoms with E-state index in [0.717, 1.165) is 20.8 Å². The molecule has 0 spiro atoms. The molecular formula is C20H17BrN2O3. The number of benzene rings is 3. The Hall–Kier alpha value is -2.86. The van der Waals surface area contributed by atoms with E-state index in [-0.39, 0.29) is 5.91 Å². The average Bonchev–Trinajstić information content (AvgIpc) is 2.68. The molecule has 0 radical (unpaired) electrons. The minimum absolute atomic E-state index is 0.269. The van der Waals surface area contributed by atoms with E-state index in [1.807, 2.05) is 36.4 Å². The molecule has 0 saturated heterocycles. The van der Waals surface area contributed by atoms with E-state index < -0.39 is 0 Å². The van der Waals surface area contributed by atoms with Crippen LogP contribution in [0, 0.1) is 0 Å². The van der Waals surface area contributed by atoms with Crippen LogP contribution >= 0.6 is 15.9 Å². The van der Waals surface area contributed by atoms with Crippen molar-refractivity contribution < 1.29 is 14.3 Å². The molecule has 3 aromatic rings. The molecule has 0 heterocycles. The summed E-state index contributed by atoms with van der Waals surface area (Å²) in [6.45, 7) is 0. The molecule has 0 saturated carbocycles. The van der Waals surface area contributed by atoms with Gasteiger partial charge in [-0.3, -0.25) is 4.79 Å². The Labute approximate surface area is 159 Å². The second kappa shape index (κ2) is 8.01. The quantitative estimate of drug-likeness (QED) is 0.499. The molecule has 0 aromatic heterocycles. The summed E-state index contributed by atoms with van der Waals surface area (Å²) in [7, 11) is 3.14. The Morgan fingerprint density at radius 1 is 1.04 bits per heavy atom. The van der Waals surface area contributed by atoms with Gasteiger partial charge in [-0.2, -0.15) is 5.10 Å². The van der Waals surface area contributed by atoms with Crippen LogP contribution in [-0.4, -0.2) is 26.3 Å². The van der Waals surface area contributed by atoms with Gasteiger partial charge in [0.25, 0.3) is 5.91 Å². The molecule has 0 fully saturated rings. The lowest BCUT2D eigenvalue weighted by Crippen LogP contribution is -2.18. The zero-order valence-electron chi connectivity index (χ0n) is 14.3. The number of nitrogens with zero attached hydrogens (tertiary/aromatic N) is 1. The first-order valence-electron chi connectivity index (χ1n) is 7.86. The number of carbonyl (C=O) groups is 1. The summed E-state index contributed by atoms with van der Waals surface area (Å²) >= 11 is 3.46. The Morgan fingerprint density at radius 2 is 1.73 bits per heavy atom. The number of hydrogen-bond donors (Lipinski definition) is 1. The number of fused-ring (bicyclic) bond motifs is 1. The molecule has 132 valence electrons. The maximum Gasteiger partial charge on any atom is 0.271 e. The van der Waals surface area contributed by atoms with Crippen LogP contribution in [0.15, 0.2) is 64.2 Å². The molecule has 0 atom stereocenters. The van der Waals surface area contributed by atoms with Gasteiger partial charge in [-0.05, 0) is 44.9 Å². The van der Waals surface area contributed by atoms with Crippen molar-refractivity contribution in [1.29, 1.82) is 0 Å². The van der Waals surface area contributed by atoms with Gasteiger partial charge < -0.3 is 9.47 Å². The third-order valence-electron chi connectivity index (χ3n) is 3.91. The molecular weight excluding hydrogens is 396 g/mol. The number of nitrogens with one attached hydrogen (secondary N) is 1. The molecule has 0 bridgehead atoms. The van der Waals surface area contributed by atoms with Gasteiger partial charge in [-0.25, -0.2) is 5.43 Å². The third-order valence-corrected chi connectivity index (χ3v) is 4.59. The number of carbonyl (C=O) groups excluding carboxylic acids is 1. The molecule has 26 heavy (non-hydrogen) atoms.